The molecule has 2 rings (SSSR count). The molecule has 1 aliphatic heterocycles. The topological polar surface area (TPSA) is 52.9 Å². The van der Waals surface area contributed by atoms with Crippen LogP contribution in [0.3, 0.4) is 0 Å². The molecule has 18 heavy (non-hydrogen) atoms. The third-order valence-electron chi connectivity index (χ3n) is 2.37. The van der Waals surface area contributed by atoms with Crippen LogP contribution in [0.5, 0.6) is 0 Å². The standard InChI is InChI=1S/C6H11.C5H10N.C2H4NO.W.Y/c2*1-2-4-6-5-3-1;1-2(3)4;;/h1H,2-6H2;1,6H,2-5H2;1H2,(H2,3,4);;/q3*-1;+2;/p-1. The molecule has 1 aliphatic carbocycles. The van der Waals surface area contributed by atoms with Crippen LogP contribution in [0, 0.1) is 19.8 Å². The van der Waals surface area contributed by atoms with E-state index in [1.165, 1.54) is 58.0 Å². The number of amides is 1. The van der Waals surface area contributed by atoms with Gasteiger partial charge in [-0.05, 0) is 13.1 Å². The fourth-order valence-corrected chi connectivity index (χ4v) is 1.58. The molecule has 2 N–H and O–H groups in total. The van der Waals surface area contributed by atoms with E-state index in [0.29, 0.717) is 0 Å². The fraction of sp³-hybridized carbons (Fsp3) is 0.692. The summed E-state index contributed by atoms with van der Waals surface area (Å²) >= 11 is 0. The quantitative estimate of drug-likeness (QED) is 0.524. The Bertz CT molecular complexity index is 124. The van der Waals surface area contributed by atoms with E-state index in [1.54, 1.807) is 0 Å². The Kier molecular flexibility index (Phi) is 27.4. The first-order chi connectivity index (χ1) is 7.73. The van der Waals surface area contributed by atoms with Gasteiger partial charge in [0.1, 0.15) is 0 Å². The average Bonchev–Trinajstić information content (AvgIpc) is 2.34. The SMILES string of the molecule is [CH-]1CCCCC1.[CH-]1CCNCC1.[CH2-]C([NH-])=O.[W+2].[Y]. The fourth-order valence-electron chi connectivity index (χ4n) is 1.58. The van der Waals surface area contributed by atoms with Gasteiger partial charge in [-0.25, -0.2) is 0 Å². The Hall–Kier alpha value is 1.09. The van der Waals surface area contributed by atoms with Gasteiger partial charge in [-0.3, -0.25) is 0 Å². The molecule has 1 saturated carbocycles. The molecule has 0 aromatic carbocycles. The first kappa shape index (κ1) is 24.1. The van der Waals surface area contributed by atoms with Gasteiger partial charge < -0.3 is 35.6 Å². The van der Waals surface area contributed by atoms with Gasteiger partial charge in [0.25, 0.3) is 0 Å². The summed E-state index contributed by atoms with van der Waals surface area (Å²) in [5.74, 6) is -0.833. The van der Waals surface area contributed by atoms with Gasteiger partial charge in [-0.15, -0.1) is 0 Å². The number of hydrogen-bond acceptors (Lipinski definition) is 2. The summed E-state index contributed by atoms with van der Waals surface area (Å²) in [6.07, 6.45) is 14.4. The maximum atomic E-state index is 9.00. The Labute approximate surface area is 152 Å². The zero-order valence-corrected chi connectivity index (χ0v) is 16.9. The zero-order valence-electron chi connectivity index (χ0n) is 11.1. The molecule has 1 amide bonds. The summed E-state index contributed by atoms with van der Waals surface area (Å²) in [7, 11) is 0. The van der Waals surface area contributed by atoms with Crippen molar-refractivity contribution in [1.29, 1.82) is 0 Å². The van der Waals surface area contributed by atoms with Crippen molar-refractivity contribution >= 4 is 5.91 Å². The van der Waals surface area contributed by atoms with Crippen LogP contribution in [0.2, 0.25) is 0 Å². The molecule has 1 heterocycles. The second kappa shape index (κ2) is 20.4. The summed E-state index contributed by atoms with van der Waals surface area (Å²) in [5.41, 5.74) is 5.83. The van der Waals surface area contributed by atoms with Gasteiger partial charge in [0.15, 0.2) is 0 Å². The number of carbonyl (C=O) groups is 1. The zero-order chi connectivity index (χ0) is 12.1. The molecule has 103 valence electrons. The summed E-state index contributed by atoms with van der Waals surface area (Å²) in [4.78, 5) is 9.00. The molecule has 0 atom stereocenters. The predicted octanol–water partition coefficient (Wildman–Crippen LogP) is 3.12. The van der Waals surface area contributed by atoms with Crippen molar-refractivity contribution in [1.82, 2.24) is 5.32 Å². The number of carbonyl (C=O) groups excluding carboxylic acids is 1. The smallest absolute Gasteiger partial charge is 0.695 e. The summed E-state index contributed by atoms with van der Waals surface area (Å²) in [6.45, 7) is 5.06. The third kappa shape index (κ3) is 25.8. The van der Waals surface area contributed by atoms with Crippen LogP contribution in [0.4, 0.5) is 0 Å². The molecular formula is C13H24N2OWY-2. The number of rotatable bonds is 0. The minimum atomic E-state index is -0.833. The first-order valence-corrected chi connectivity index (χ1v) is 6.15. The molecular weight excluding hydrogens is 473 g/mol. The maximum absolute atomic E-state index is 9.00. The molecule has 0 aromatic rings. The van der Waals surface area contributed by atoms with Gasteiger partial charge >= 0.3 is 21.1 Å². The second-order valence-corrected chi connectivity index (χ2v) is 3.97. The number of hydrogen-bond donors (Lipinski definition) is 1. The van der Waals surface area contributed by atoms with Crippen LogP contribution < -0.4 is 5.32 Å². The molecule has 1 saturated heterocycles. The van der Waals surface area contributed by atoms with Crippen molar-refractivity contribution < 1.29 is 58.6 Å². The minimum absolute atomic E-state index is 0. The molecule has 2 fully saturated rings. The molecule has 0 spiro atoms. The largest absolute Gasteiger partial charge is 2.00 e. The van der Waals surface area contributed by atoms with Gasteiger partial charge in [-0.1, -0.05) is 25.2 Å². The molecule has 2 aliphatic rings. The van der Waals surface area contributed by atoms with Gasteiger partial charge in [0, 0.05) is 32.7 Å². The van der Waals surface area contributed by atoms with Crippen molar-refractivity contribution in [2.45, 2.75) is 44.9 Å². The number of nitrogens with one attached hydrogen (secondary N) is 2. The van der Waals surface area contributed by atoms with Crippen LogP contribution >= 0.6 is 0 Å². The van der Waals surface area contributed by atoms with E-state index in [0.717, 1.165) is 0 Å². The van der Waals surface area contributed by atoms with Crippen molar-refractivity contribution in [3.8, 4) is 0 Å². The summed E-state index contributed by atoms with van der Waals surface area (Å²) < 4.78 is 0. The van der Waals surface area contributed by atoms with Crippen molar-refractivity contribution in [2.24, 2.45) is 0 Å². The van der Waals surface area contributed by atoms with E-state index in [9.17, 15) is 0 Å². The van der Waals surface area contributed by atoms with Crippen molar-refractivity contribution in [3.05, 3.63) is 25.5 Å². The molecule has 5 heteroatoms. The van der Waals surface area contributed by atoms with Crippen LogP contribution in [0.1, 0.15) is 44.9 Å². The van der Waals surface area contributed by atoms with Crippen LogP contribution in [0.15, 0.2) is 0 Å². The van der Waals surface area contributed by atoms with E-state index < -0.39 is 5.91 Å². The normalized spacial score (nSPS) is 17.3. The summed E-state index contributed by atoms with van der Waals surface area (Å²) in [5, 5.41) is 3.25. The van der Waals surface area contributed by atoms with E-state index in [2.05, 4.69) is 25.1 Å². The van der Waals surface area contributed by atoms with Crippen LogP contribution in [-0.4, -0.2) is 19.0 Å². The summed E-state index contributed by atoms with van der Waals surface area (Å²) in [6, 6.07) is 0. The molecule has 0 aromatic heterocycles. The Morgan fingerprint density at radius 3 is 1.50 bits per heavy atom. The van der Waals surface area contributed by atoms with Crippen LogP contribution in [0.25, 0.3) is 5.73 Å². The number of piperidine rings is 1. The van der Waals surface area contributed by atoms with E-state index >= 15 is 0 Å². The van der Waals surface area contributed by atoms with Gasteiger partial charge in [0.05, 0.1) is 0 Å². The van der Waals surface area contributed by atoms with Crippen LogP contribution in [-0.2, 0) is 58.6 Å². The van der Waals surface area contributed by atoms with Gasteiger partial charge in [-0.2, -0.15) is 25.7 Å². The first-order valence-electron chi connectivity index (χ1n) is 6.15. The molecule has 0 unspecified atom stereocenters. The van der Waals surface area contributed by atoms with Gasteiger partial charge in [0.2, 0.25) is 0 Å². The van der Waals surface area contributed by atoms with Crippen molar-refractivity contribution in [3.63, 3.8) is 0 Å². The average molecular weight is 497 g/mol. The molecule has 3 nitrogen and oxygen atoms in total. The molecule has 1 radical (unpaired) electrons. The monoisotopic (exact) mass is 497 g/mol. The van der Waals surface area contributed by atoms with E-state index in [4.69, 9.17) is 10.5 Å². The Balaban J connectivity index is -0.000000182. The Morgan fingerprint density at radius 2 is 1.39 bits per heavy atom. The third-order valence-corrected chi connectivity index (χ3v) is 2.37. The van der Waals surface area contributed by atoms with Crippen molar-refractivity contribution in [2.75, 3.05) is 13.1 Å². The molecule has 0 bridgehead atoms. The second-order valence-electron chi connectivity index (χ2n) is 3.97. The minimum Gasteiger partial charge on any atom is -0.695 e. The maximum Gasteiger partial charge on any atom is 2.00 e. The van der Waals surface area contributed by atoms with E-state index in [-0.39, 0.29) is 53.8 Å². The van der Waals surface area contributed by atoms with E-state index in [1.807, 2.05) is 0 Å². The predicted molar refractivity (Wildman–Crippen MR) is 68.5 cm³/mol. The Morgan fingerprint density at radius 1 is 1.00 bits per heavy atom.